The van der Waals surface area contributed by atoms with Gasteiger partial charge in [-0.1, -0.05) is 13.8 Å². The highest BCUT2D eigenvalue weighted by molar-refractivity contribution is 5.75. The molecule has 0 aromatic rings. The van der Waals surface area contributed by atoms with Crippen LogP contribution in [0.3, 0.4) is 0 Å². The van der Waals surface area contributed by atoms with Gasteiger partial charge in [0.1, 0.15) is 5.78 Å². The van der Waals surface area contributed by atoms with Crippen LogP contribution in [-0.4, -0.2) is 18.5 Å². The Balaban J connectivity index is 3.26. The van der Waals surface area contributed by atoms with Crippen LogP contribution in [0.25, 0.3) is 0 Å². The third kappa shape index (κ3) is 9.54. The smallest absolute Gasteiger partial charge is 0.129 e. The van der Waals surface area contributed by atoms with Crippen LogP contribution in [0.1, 0.15) is 47.0 Å². The normalized spacial score (nSPS) is 13.3. The molecular weight excluding hydrogens is 164 g/mol. The van der Waals surface area contributed by atoms with Crippen molar-refractivity contribution in [1.29, 1.82) is 0 Å². The van der Waals surface area contributed by atoms with E-state index < -0.39 is 0 Å². The van der Waals surface area contributed by atoms with E-state index in [0.29, 0.717) is 25.0 Å². The maximum atomic E-state index is 10.6. The fourth-order valence-electron chi connectivity index (χ4n) is 1.34. The van der Waals surface area contributed by atoms with Gasteiger partial charge in [0, 0.05) is 13.0 Å². The predicted octanol–water partition coefficient (Wildman–Crippen LogP) is 2.81. The number of carbonyl (C=O) groups is 1. The average Bonchev–Trinajstić information content (AvgIpc) is 1.96. The summed E-state index contributed by atoms with van der Waals surface area (Å²) in [7, 11) is 0. The molecule has 1 unspecified atom stereocenters. The van der Waals surface area contributed by atoms with Crippen LogP contribution in [0.4, 0.5) is 0 Å². The van der Waals surface area contributed by atoms with E-state index in [4.69, 9.17) is 4.74 Å². The first kappa shape index (κ1) is 12.6. The third-order valence-electron chi connectivity index (χ3n) is 1.88. The van der Waals surface area contributed by atoms with Gasteiger partial charge in [-0.05, 0) is 32.6 Å². The third-order valence-corrected chi connectivity index (χ3v) is 1.88. The molecule has 0 bridgehead atoms. The van der Waals surface area contributed by atoms with E-state index in [0.717, 1.165) is 12.8 Å². The van der Waals surface area contributed by atoms with E-state index >= 15 is 0 Å². The number of ether oxygens (including phenoxy) is 1. The van der Waals surface area contributed by atoms with E-state index in [9.17, 15) is 4.79 Å². The Morgan fingerprint density at radius 1 is 1.31 bits per heavy atom. The molecule has 0 rings (SSSR count). The van der Waals surface area contributed by atoms with E-state index in [1.165, 1.54) is 0 Å². The SMILES string of the molecule is CC(=O)CCCOC(C)CC(C)C. The lowest BCUT2D eigenvalue weighted by Crippen LogP contribution is -2.12. The second-order valence-electron chi connectivity index (χ2n) is 4.12. The van der Waals surface area contributed by atoms with Gasteiger partial charge in [-0.15, -0.1) is 0 Å². The molecule has 0 saturated heterocycles. The molecule has 0 heterocycles. The molecule has 0 aromatic carbocycles. The van der Waals surface area contributed by atoms with Gasteiger partial charge in [0.05, 0.1) is 6.10 Å². The van der Waals surface area contributed by atoms with Gasteiger partial charge >= 0.3 is 0 Å². The van der Waals surface area contributed by atoms with Gasteiger partial charge < -0.3 is 9.53 Å². The maximum absolute atomic E-state index is 10.6. The molecule has 0 amide bonds. The van der Waals surface area contributed by atoms with Crippen molar-refractivity contribution in [1.82, 2.24) is 0 Å². The lowest BCUT2D eigenvalue weighted by atomic mass is 10.1. The van der Waals surface area contributed by atoms with Crippen LogP contribution in [-0.2, 0) is 9.53 Å². The molecule has 2 nitrogen and oxygen atoms in total. The minimum Gasteiger partial charge on any atom is -0.378 e. The zero-order valence-electron chi connectivity index (χ0n) is 9.30. The second kappa shape index (κ2) is 7.07. The number of carbonyl (C=O) groups excluding carboxylic acids is 1. The summed E-state index contributed by atoms with van der Waals surface area (Å²) in [6.07, 6.45) is 2.93. The number of rotatable bonds is 7. The van der Waals surface area contributed by atoms with Crippen molar-refractivity contribution < 1.29 is 9.53 Å². The number of Topliss-reactive ketones (excluding diaryl/α,β-unsaturated/α-hetero) is 1. The number of hydrogen-bond acceptors (Lipinski definition) is 2. The molecule has 0 radical (unpaired) electrons. The molecular formula is C11H22O2. The van der Waals surface area contributed by atoms with Crippen molar-refractivity contribution in [2.24, 2.45) is 5.92 Å². The summed E-state index contributed by atoms with van der Waals surface area (Å²) in [6.45, 7) is 8.81. The maximum Gasteiger partial charge on any atom is 0.129 e. The van der Waals surface area contributed by atoms with Crippen LogP contribution < -0.4 is 0 Å². The van der Waals surface area contributed by atoms with Crippen molar-refractivity contribution >= 4 is 5.78 Å². The minimum absolute atomic E-state index is 0.250. The Bertz CT molecular complexity index is 141. The quantitative estimate of drug-likeness (QED) is 0.571. The van der Waals surface area contributed by atoms with Crippen LogP contribution in [0.15, 0.2) is 0 Å². The van der Waals surface area contributed by atoms with Crippen molar-refractivity contribution in [3.8, 4) is 0 Å². The molecule has 2 heteroatoms. The van der Waals surface area contributed by atoms with Gasteiger partial charge in [0.25, 0.3) is 0 Å². The molecule has 13 heavy (non-hydrogen) atoms. The molecule has 0 aliphatic carbocycles. The molecule has 0 fully saturated rings. The second-order valence-corrected chi connectivity index (χ2v) is 4.12. The molecule has 0 aliphatic rings. The van der Waals surface area contributed by atoms with Gasteiger partial charge in [-0.25, -0.2) is 0 Å². The van der Waals surface area contributed by atoms with Crippen molar-refractivity contribution in [2.45, 2.75) is 53.1 Å². The monoisotopic (exact) mass is 186 g/mol. The minimum atomic E-state index is 0.250. The Morgan fingerprint density at radius 2 is 1.92 bits per heavy atom. The standard InChI is InChI=1S/C11H22O2/c1-9(2)8-11(4)13-7-5-6-10(3)12/h9,11H,5-8H2,1-4H3. The number of ketones is 1. The summed E-state index contributed by atoms with van der Waals surface area (Å²) in [5, 5.41) is 0. The van der Waals surface area contributed by atoms with Crippen molar-refractivity contribution in [3.05, 3.63) is 0 Å². The Kier molecular flexibility index (Phi) is 6.87. The average molecular weight is 186 g/mol. The van der Waals surface area contributed by atoms with Gasteiger partial charge in [0.2, 0.25) is 0 Å². The summed E-state index contributed by atoms with van der Waals surface area (Å²) in [5.74, 6) is 0.933. The Labute approximate surface area is 81.7 Å². The lowest BCUT2D eigenvalue weighted by Gasteiger charge is -2.14. The van der Waals surface area contributed by atoms with Crippen molar-refractivity contribution in [3.63, 3.8) is 0 Å². The molecule has 0 aliphatic heterocycles. The summed E-state index contributed by atoms with van der Waals surface area (Å²) < 4.78 is 5.55. The van der Waals surface area contributed by atoms with E-state index in [1.54, 1.807) is 6.92 Å². The molecule has 0 N–H and O–H groups in total. The fourth-order valence-corrected chi connectivity index (χ4v) is 1.34. The highest BCUT2D eigenvalue weighted by Gasteiger charge is 2.04. The van der Waals surface area contributed by atoms with Crippen LogP contribution >= 0.6 is 0 Å². The molecule has 0 spiro atoms. The lowest BCUT2D eigenvalue weighted by molar-refractivity contribution is -0.117. The van der Waals surface area contributed by atoms with E-state index in [2.05, 4.69) is 20.8 Å². The Hall–Kier alpha value is -0.370. The highest BCUT2D eigenvalue weighted by atomic mass is 16.5. The van der Waals surface area contributed by atoms with E-state index in [-0.39, 0.29) is 5.78 Å². The molecule has 1 atom stereocenters. The summed E-state index contributed by atoms with van der Waals surface area (Å²) >= 11 is 0. The first-order valence-electron chi connectivity index (χ1n) is 5.13. The number of hydrogen-bond donors (Lipinski definition) is 0. The zero-order chi connectivity index (χ0) is 10.3. The van der Waals surface area contributed by atoms with Gasteiger partial charge in [0.15, 0.2) is 0 Å². The summed E-state index contributed by atoms with van der Waals surface area (Å²) in [6, 6.07) is 0. The fraction of sp³-hybridized carbons (Fsp3) is 0.909. The predicted molar refractivity (Wildman–Crippen MR) is 54.8 cm³/mol. The molecule has 0 saturated carbocycles. The summed E-state index contributed by atoms with van der Waals surface area (Å²) in [5.41, 5.74) is 0. The van der Waals surface area contributed by atoms with Crippen LogP contribution in [0.5, 0.6) is 0 Å². The van der Waals surface area contributed by atoms with E-state index in [1.807, 2.05) is 0 Å². The largest absolute Gasteiger partial charge is 0.378 e. The molecule has 78 valence electrons. The first-order chi connectivity index (χ1) is 6.02. The van der Waals surface area contributed by atoms with Gasteiger partial charge in [-0.3, -0.25) is 0 Å². The van der Waals surface area contributed by atoms with Crippen molar-refractivity contribution in [2.75, 3.05) is 6.61 Å². The highest BCUT2D eigenvalue weighted by Crippen LogP contribution is 2.07. The van der Waals surface area contributed by atoms with Crippen LogP contribution in [0.2, 0.25) is 0 Å². The molecule has 0 aromatic heterocycles. The Morgan fingerprint density at radius 3 is 2.38 bits per heavy atom. The zero-order valence-corrected chi connectivity index (χ0v) is 9.30. The summed E-state index contributed by atoms with van der Waals surface area (Å²) in [4.78, 5) is 10.6. The topological polar surface area (TPSA) is 26.3 Å². The van der Waals surface area contributed by atoms with Crippen LogP contribution in [0, 0.1) is 5.92 Å². The van der Waals surface area contributed by atoms with Gasteiger partial charge in [-0.2, -0.15) is 0 Å². The first-order valence-corrected chi connectivity index (χ1v) is 5.13.